The molecule has 0 spiro atoms. The third-order valence-corrected chi connectivity index (χ3v) is 4.15. The molecular formula is C16H25N3O. The van der Waals surface area contributed by atoms with Crippen LogP contribution in [0.4, 0.5) is 11.4 Å². The van der Waals surface area contributed by atoms with Gasteiger partial charge in [0.15, 0.2) is 0 Å². The second-order valence-electron chi connectivity index (χ2n) is 5.57. The van der Waals surface area contributed by atoms with Crippen LogP contribution >= 0.6 is 0 Å². The summed E-state index contributed by atoms with van der Waals surface area (Å²) < 4.78 is 0. The summed E-state index contributed by atoms with van der Waals surface area (Å²) in [6.07, 6.45) is 4.98. The fourth-order valence-corrected chi connectivity index (χ4v) is 3.01. The van der Waals surface area contributed by atoms with E-state index in [9.17, 15) is 4.79 Å². The van der Waals surface area contributed by atoms with Gasteiger partial charge in [0.05, 0.1) is 11.3 Å². The normalized spacial score (nSPS) is 16.2. The molecule has 1 aliphatic rings. The fraction of sp³-hybridized carbons (Fsp3) is 0.562. The van der Waals surface area contributed by atoms with Gasteiger partial charge in [-0.1, -0.05) is 19.8 Å². The lowest BCUT2D eigenvalue weighted by molar-refractivity contribution is 0.0963. The van der Waals surface area contributed by atoms with E-state index in [2.05, 4.69) is 17.1 Å². The Kier molecular flexibility index (Phi) is 4.88. The number of nitrogens with one attached hydrogen (secondary N) is 1. The Morgan fingerprint density at radius 1 is 1.40 bits per heavy atom. The second-order valence-corrected chi connectivity index (χ2v) is 5.57. The van der Waals surface area contributed by atoms with Crippen molar-refractivity contribution in [1.82, 2.24) is 5.32 Å². The van der Waals surface area contributed by atoms with E-state index in [1.807, 2.05) is 12.1 Å². The quantitative estimate of drug-likeness (QED) is 0.831. The van der Waals surface area contributed by atoms with Crippen LogP contribution in [0.2, 0.25) is 0 Å². The molecule has 0 atom stereocenters. The molecule has 1 aromatic carbocycles. The summed E-state index contributed by atoms with van der Waals surface area (Å²) in [4.78, 5) is 14.3. The summed E-state index contributed by atoms with van der Waals surface area (Å²) in [5.74, 6) is 0.788. The van der Waals surface area contributed by atoms with E-state index in [4.69, 9.17) is 5.73 Å². The smallest absolute Gasteiger partial charge is 0.253 e. The molecule has 1 heterocycles. The minimum absolute atomic E-state index is 0.0457. The number of rotatable bonds is 4. The molecule has 0 saturated carbocycles. The zero-order chi connectivity index (χ0) is 14.5. The van der Waals surface area contributed by atoms with Crippen LogP contribution in [0.15, 0.2) is 18.2 Å². The summed E-state index contributed by atoms with van der Waals surface area (Å²) in [7, 11) is 1.66. The Balaban J connectivity index is 2.16. The van der Waals surface area contributed by atoms with Gasteiger partial charge in [0.2, 0.25) is 0 Å². The topological polar surface area (TPSA) is 58.4 Å². The van der Waals surface area contributed by atoms with Crippen LogP contribution in [0, 0.1) is 5.92 Å². The number of benzene rings is 1. The van der Waals surface area contributed by atoms with Gasteiger partial charge in [-0.15, -0.1) is 0 Å². The summed E-state index contributed by atoms with van der Waals surface area (Å²) >= 11 is 0. The lowest BCUT2D eigenvalue weighted by atomic mass is 9.92. The van der Waals surface area contributed by atoms with Crippen molar-refractivity contribution in [2.45, 2.75) is 32.6 Å². The van der Waals surface area contributed by atoms with Crippen molar-refractivity contribution >= 4 is 17.3 Å². The Bertz CT molecular complexity index is 465. The Labute approximate surface area is 121 Å². The minimum atomic E-state index is -0.0457. The van der Waals surface area contributed by atoms with E-state index < -0.39 is 0 Å². The largest absolute Gasteiger partial charge is 0.399 e. The van der Waals surface area contributed by atoms with Crippen LogP contribution in [0.3, 0.4) is 0 Å². The third-order valence-electron chi connectivity index (χ3n) is 4.15. The molecule has 0 bridgehead atoms. The molecule has 0 radical (unpaired) electrons. The highest BCUT2D eigenvalue weighted by molar-refractivity contribution is 6.00. The first-order chi connectivity index (χ1) is 9.65. The van der Waals surface area contributed by atoms with Gasteiger partial charge in [0, 0.05) is 25.8 Å². The molecule has 3 N–H and O–H groups in total. The van der Waals surface area contributed by atoms with E-state index >= 15 is 0 Å². The van der Waals surface area contributed by atoms with Crippen LogP contribution < -0.4 is 16.0 Å². The van der Waals surface area contributed by atoms with Crippen molar-refractivity contribution < 1.29 is 4.79 Å². The molecule has 1 saturated heterocycles. The number of hydrogen-bond donors (Lipinski definition) is 2. The van der Waals surface area contributed by atoms with Gasteiger partial charge in [0.25, 0.3) is 5.91 Å². The molecule has 4 nitrogen and oxygen atoms in total. The number of carbonyl (C=O) groups excluding carboxylic acids is 1. The Morgan fingerprint density at radius 2 is 2.10 bits per heavy atom. The van der Waals surface area contributed by atoms with Gasteiger partial charge in [0.1, 0.15) is 0 Å². The maximum Gasteiger partial charge on any atom is 0.253 e. The first-order valence-corrected chi connectivity index (χ1v) is 7.52. The molecule has 1 fully saturated rings. The highest BCUT2D eigenvalue weighted by Gasteiger charge is 2.22. The van der Waals surface area contributed by atoms with Crippen molar-refractivity contribution in [2.24, 2.45) is 5.92 Å². The van der Waals surface area contributed by atoms with E-state index in [-0.39, 0.29) is 5.91 Å². The fourth-order valence-electron chi connectivity index (χ4n) is 3.01. The number of anilines is 2. The third kappa shape index (κ3) is 3.24. The van der Waals surface area contributed by atoms with Gasteiger partial charge in [-0.05, 0) is 37.0 Å². The summed E-state index contributed by atoms with van der Waals surface area (Å²) in [5.41, 5.74) is 8.29. The van der Waals surface area contributed by atoms with E-state index in [1.54, 1.807) is 13.1 Å². The number of nitrogens with zero attached hydrogens (tertiary/aromatic N) is 1. The highest BCUT2D eigenvalue weighted by atomic mass is 16.1. The Morgan fingerprint density at radius 3 is 2.70 bits per heavy atom. The average Bonchev–Trinajstić information content (AvgIpc) is 2.47. The lowest BCUT2D eigenvalue weighted by Gasteiger charge is -2.34. The maximum atomic E-state index is 12.0. The van der Waals surface area contributed by atoms with Crippen LogP contribution in [0.25, 0.3) is 0 Å². The highest BCUT2D eigenvalue weighted by Crippen LogP contribution is 2.29. The minimum Gasteiger partial charge on any atom is -0.399 e. The van der Waals surface area contributed by atoms with Crippen molar-refractivity contribution in [3.63, 3.8) is 0 Å². The first kappa shape index (κ1) is 14.7. The van der Waals surface area contributed by atoms with Gasteiger partial charge in [-0.3, -0.25) is 4.79 Å². The van der Waals surface area contributed by atoms with Crippen molar-refractivity contribution in [1.29, 1.82) is 0 Å². The number of nitrogen functional groups attached to an aromatic ring is 1. The summed E-state index contributed by atoms with van der Waals surface area (Å²) in [5, 5.41) is 2.70. The molecule has 1 aromatic rings. The van der Waals surface area contributed by atoms with Gasteiger partial charge in [-0.2, -0.15) is 0 Å². The van der Waals surface area contributed by atoms with Crippen molar-refractivity contribution in [3.05, 3.63) is 23.8 Å². The molecular weight excluding hydrogens is 250 g/mol. The number of hydrogen-bond acceptors (Lipinski definition) is 3. The molecule has 1 amide bonds. The van der Waals surface area contributed by atoms with Crippen LogP contribution in [0.1, 0.15) is 43.0 Å². The zero-order valence-electron chi connectivity index (χ0n) is 12.5. The molecule has 0 aliphatic carbocycles. The average molecular weight is 275 g/mol. The molecule has 20 heavy (non-hydrogen) atoms. The van der Waals surface area contributed by atoms with Crippen molar-refractivity contribution in [3.8, 4) is 0 Å². The predicted octanol–water partition coefficient (Wildman–Crippen LogP) is 2.64. The summed E-state index contributed by atoms with van der Waals surface area (Å²) in [6.45, 7) is 4.27. The van der Waals surface area contributed by atoms with Gasteiger partial charge in [-0.25, -0.2) is 0 Å². The number of nitrogens with two attached hydrogens (primary N) is 1. The summed E-state index contributed by atoms with van der Waals surface area (Å²) in [6, 6.07) is 5.53. The predicted molar refractivity (Wildman–Crippen MR) is 84.1 cm³/mol. The van der Waals surface area contributed by atoms with Crippen LogP contribution in [-0.4, -0.2) is 26.0 Å². The molecule has 2 rings (SSSR count). The molecule has 4 heteroatoms. The zero-order valence-corrected chi connectivity index (χ0v) is 12.5. The second kappa shape index (κ2) is 6.64. The SMILES string of the molecule is CCCC1CCN(c2cc(N)ccc2C(=O)NC)CC1. The van der Waals surface area contributed by atoms with Crippen LogP contribution in [-0.2, 0) is 0 Å². The van der Waals surface area contributed by atoms with Crippen molar-refractivity contribution in [2.75, 3.05) is 30.8 Å². The molecule has 1 aliphatic heterocycles. The van der Waals surface area contributed by atoms with E-state index in [1.165, 1.54) is 25.7 Å². The van der Waals surface area contributed by atoms with Gasteiger partial charge >= 0.3 is 0 Å². The number of carbonyl (C=O) groups is 1. The first-order valence-electron chi connectivity index (χ1n) is 7.52. The molecule has 0 unspecified atom stereocenters. The van der Waals surface area contributed by atoms with E-state index in [0.29, 0.717) is 5.69 Å². The number of piperidine rings is 1. The van der Waals surface area contributed by atoms with E-state index in [0.717, 1.165) is 30.3 Å². The lowest BCUT2D eigenvalue weighted by Crippen LogP contribution is -2.35. The maximum absolute atomic E-state index is 12.0. The molecule has 110 valence electrons. The number of amides is 1. The monoisotopic (exact) mass is 275 g/mol. The van der Waals surface area contributed by atoms with Gasteiger partial charge < -0.3 is 16.0 Å². The standard InChI is InChI=1S/C16H25N3O/c1-3-4-12-7-9-19(10-8-12)15-11-13(17)5-6-14(15)16(20)18-2/h5-6,11-12H,3-4,7-10,17H2,1-2H3,(H,18,20). The van der Waals surface area contributed by atoms with Crippen LogP contribution in [0.5, 0.6) is 0 Å². The Hall–Kier alpha value is -1.71. The molecule has 0 aromatic heterocycles.